The van der Waals surface area contributed by atoms with Crippen LogP contribution in [-0.2, 0) is 4.74 Å². The number of ether oxygens (including phenoxy) is 2. The number of phenols is 1. The van der Waals surface area contributed by atoms with E-state index in [0.717, 1.165) is 5.56 Å². The fraction of sp³-hybridized carbons (Fsp3) is 0.350. The highest BCUT2D eigenvalue weighted by atomic mass is 16.5. The van der Waals surface area contributed by atoms with Crippen LogP contribution in [0.4, 0.5) is 5.82 Å². The molecule has 150 valence electrons. The molecule has 0 aliphatic heterocycles. The van der Waals surface area contributed by atoms with E-state index in [0.29, 0.717) is 17.1 Å². The fourth-order valence-electron chi connectivity index (χ4n) is 2.50. The maximum Gasteiger partial charge on any atom is 0.257 e. The molecule has 1 atom stereocenters. The maximum atomic E-state index is 12.7. The van der Waals surface area contributed by atoms with Crippen molar-refractivity contribution >= 4 is 17.6 Å². The Hall–Kier alpha value is -3.13. The number of aryl methyl sites for hydroxylation is 2. The summed E-state index contributed by atoms with van der Waals surface area (Å²) in [4.78, 5) is 29.3. The summed E-state index contributed by atoms with van der Waals surface area (Å²) in [6, 6.07) is 4.51. The Morgan fingerprint density at radius 3 is 2.43 bits per heavy atom. The quantitative estimate of drug-likeness (QED) is 0.673. The van der Waals surface area contributed by atoms with Gasteiger partial charge in [-0.2, -0.15) is 0 Å². The number of rotatable bonds is 7. The molecule has 2 aromatic rings. The molecule has 2 rings (SSSR count). The van der Waals surface area contributed by atoms with Crippen molar-refractivity contribution in [1.82, 2.24) is 10.3 Å². The van der Waals surface area contributed by atoms with Crippen molar-refractivity contribution in [3.05, 3.63) is 46.6 Å². The third kappa shape index (κ3) is 4.98. The summed E-state index contributed by atoms with van der Waals surface area (Å²) in [6.45, 7) is 5.56. The van der Waals surface area contributed by atoms with Gasteiger partial charge in [0, 0.05) is 19.2 Å². The molecule has 0 saturated heterocycles. The number of aromatic nitrogens is 1. The van der Waals surface area contributed by atoms with Crippen molar-refractivity contribution in [3.8, 4) is 11.5 Å². The Morgan fingerprint density at radius 2 is 1.82 bits per heavy atom. The molecule has 8 nitrogen and oxygen atoms in total. The summed E-state index contributed by atoms with van der Waals surface area (Å²) in [5.41, 5.74) is 1.54. The van der Waals surface area contributed by atoms with E-state index in [1.165, 1.54) is 32.5 Å². The predicted molar refractivity (Wildman–Crippen MR) is 105 cm³/mol. The summed E-state index contributed by atoms with van der Waals surface area (Å²) in [5, 5.41) is 15.5. The zero-order valence-electron chi connectivity index (χ0n) is 16.6. The highest BCUT2D eigenvalue weighted by molar-refractivity contribution is 6.07. The smallest absolute Gasteiger partial charge is 0.257 e. The number of nitrogens with zero attached hydrogens (tertiary/aromatic N) is 1. The lowest BCUT2D eigenvalue weighted by Gasteiger charge is -2.14. The van der Waals surface area contributed by atoms with Crippen LogP contribution in [0.25, 0.3) is 0 Å². The van der Waals surface area contributed by atoms with Gasteiger partial charge >= 0.3 is 0 Å². The number of carbonyl (C=O) groups excluding carboxylic acids is 2. The van der Waals surface area contributed by atoms with Gasteiger partial charge in [0.05, 0.1) is 25.0 Å². The molecular weight excluding hydrogens is 362 g/mol. The molecule has 28 heavy (non-hydrogen) atoms. The molecule has 1 unspecified atom stereocenters. The van der Waals surface area contributed by atoms with Gasteiger partial charge in [-0.3, -0.25) is 9.59 Å². The standard InChI is InChI=1S/C20H25N3O5/c1-11-7-17(24)16(19(25)22-9-13(3)27-4)8-15(11)20(26)23-18-12(2)6-14(28-5)10-21-18/h6-8,10,13,24H,9H2,1-5H3,(H,22,25)(H,21,23,26). The van der Waals surface area contributed by atoms with Crippen LogP contribution in [-0.4, -0.2) is 48.8 Å². The number of amides is 2. The number of nitrogens with one attached hydrogen (secondary N) is 2. The van der Waals surface area contributed by atoms with Gasteiger partial charge in [-0.1, -0.05) is 0 Å². The Balaban J connectivity index is 2.25. The molecule has 0 aliphatic rings. The molecule has 0 bridgehead atoms. The first kappa shape index (κ1) is 21.2. The summed E-state index contributed by atoms with van der Waals surface area (Å²) in [7, 11) is 3.08. The first-order chi connectivity index (χ1) is 13.3. The van der Waals surface area contributed by atoms with Crippen molar-refractivity contribution in [2.75, 3.05) is 26.1 Å². The third-order valence-corrected chi connectivity index (χ3v) is 4.31. The van der Waals surface area contributed by atoms with E-state index in [-0.39, 0.29) is 29.5 Å². The number of benzene rings is 1. The highest BCUT2D eigenvalue weighted by Crippen LogP contribution is 2.24. The van der Waals surface area contributed by atoms with Gasteiger partial charge in [0.25, 0.3) is 11.8 Å². The van der Waals surface area contributed by atoms with Crippen molar-refractivity contribution in [2.45, 2.75) is 26.9 Å². The normalized spacial score (nSPS) is 11.6. The van der Waals surface area contributed by atoms with Crippen LogP contribution in [0, 0.1) is 13.8 Å². The van der Waals surface area contributed by atoms with E-state index in [9.17, 15) is 14.7 Å². The molecule has 0 saturated carbocycles. The first-order valence-corrected chi connectivity index (χ1v) is 8.73. The summed E-state index contributed by atoms with van der Waals surface area (Å²) in [5.74, 6) is -0.152. The molecule has 0 aliphatic carbocycles. The Morgan fingerprint density at radius 1 is 1.11 bits per heavy atom. The second-order valence-corrected chi connectivity index (χ2v) is 6.44. The molecular formula is C20H25N3O5. The number of phenolic OH excluding ortho intramolecular Hbond substituents is 1. The Kier molecular flexibility index (Phi) is 6.94. The minimum absolute atomic E-state index is 0.0125. The molecule has 1 aromatic carbocycles. The van der Waals surface area contributed by atoms with E-state index >= 15 is 0 Å². The van der Waals surface area contributed by atoms with Crippen LogP contribution >= 0.6 is 0 Å². The van der Waals surface area contributed by atoms with Crippen molar-refractivity contribution in [1.29, 1.82) is 0 Å². The van der Waals surface area contributed by atoms with E-state index in [1.807, 2.05) is 0 Å². The minimum Gasteiger partial charge on any atom is -0.507 e. The van der Waals surface area contributed by atoms with E-state index in [1.54, 1.807) is 26.8 Å². The number of pyridine rings is 1. The van der Waals surface area contributed by atoms with Crippen LogP contribution in [0.1, 0.15) is 38.8 Å². The number of hydrogen-bond acceptors (Lipinski definition) is 6. The summed E-state index contributed by atoms with van der Waals surface area (Å²) in [6.07, 6.45) is 1.32. The Bertz CT molecular complexity index is 882. The Labute approximate surface area is 163 Å². The van der Waals surface area contributed by atoms with Crippen LogP contribution in [0.15, 0.2) is 24.4 Å². The maximum absolute atomic E-state index is 12.7. The average molecular weight is 387 g/mol. The monoisotopic (exact) mass is 387 g/mol. The van der Waals surface area contributed by atoms with E-state index in [4.69, 9.17) is 9.47 Å². The second-order valence-electron chi connectivity index (χ2n) is 6.44. The third-order valence-electron chi connectivity index (χ3n) is 4.31. The lowest BCUT2D eigenvalue weighted by Crippen LogP contribution is -2.31. The highest BCUT2D eigenvalue weighted by Gasteiger charge is 2.19. The van der Waals surface area contributed by atoms with Crippen molar-refractivity contribution in [3.63, 3.8) is 0 Å². The number of methoxy groups -OCH3 is 2. The number of carbonyl (C=O) groups is 2. The predicted octanol–water partition coefficient (Wildman–Crippen LogP) is 2.43. The summed E-state index contributed by atoms with van der Waals surface area (Å²) >= 11 is 0. The van der Waals surface area contributed by atoms with Crippen molar-refractivity contribution < 1.29 is 24.2 Å². The zero-order chi connectivity index (χ0) is 20.8. The van der Waals surface area contributed by atoms with Gasteiger partial charge in [-0.15, -0.1) is 0 Å². The van der Waals surface area contributed by atoms with Crippen LogP contribution in [0.3, 0.4) is 0 Å². The van der Waals surface area contributed by atoms with Crippen LogP contribution < -0.4 is 15.4 Å². The van der Waals surface area contributed by atoms with Gasteiger partial charge in [0.2, 0.25) is 0 Å². The molecule has 3 N–H and O–H groups in total. The van der Waals surface area contributed by atoms with Gasteiger partial charge in [0.1, 0.15) is 17.3 Å². The molecule has 8 heteroatoms. The van der Waals surface area contributed by atoms with Gasteiger partial charge in [0.15, 0.2) is 0 Å². The molecule has 1 aromatic heterocycles. The van der Waals surface area contributed by atoms with Crippen LogP contribution in [0.5, 0.6) is 11.5 Å². The van der Waals surface area contributed by atoms with Crippen LogP contribution in [0.2, 0.25) is 0 Å². The van der Waals surface area contributed by atoms with Gasteiger partial charge in [-0.05, 0) is 50.1 Å². The number of anilines is 1. The molecule has 2 amide bonds. The first-order valence-electron chi connectivity index (χ1n) is 8.73. The van der Waals surface area contributed by atoms with Gasteiger partial charge in [-0.25, -0.2) is 4.98 Å². The molecule has 0 spiro atoms. The summed E-state index contributed by atoms with van der Waals surface area (Å²) < 4.78 is 10.2. The fourth-order valence-corrected chi connectivity index (χ4v) is 2.50. The zero-order valence-corrected chi connectivity index (χ0v) is 16.6. The van der Waals surface area contributed by atoms with E-state index in [2.05, 4.69) is 15.6 Å². The largest absolute Gasteiger partial charge is 0.507 e. The second kappa shape index (κ2) is 9.18. The number of hydrogen-bond donors (Lipinski definition) is 3. The topological polar surface area (TPSA) is 110 Å². The SMILES string of the molecule is COc1cnc(NC(=O)c2cc(C(=O)NCC(C)OC)c(O)cc2C)c(C)c1. The minimum atomic E-state index is -0.491. The van der Waals surface area contributed by atoms with Crippen molar-refractivity contribution in [2.24, 2.45) is 0 Å². The van der Waals surface area contributed by atoms with Gasteiger partial charge < -0.3 is 25.2 Å². The molecule has 0 radical (unpaired) electrons. The van der Waals surface area contributed by atoms with E-state index < -0.39 is 11.8 Å². The lowest BCUT2D eigenvalue weighted by atomic mass is 10.0. The number of aromatic hydroxyl groups is 1. The average Bonchev–Trinajstić information content (AvgIpc) is 2.67. The lowest BCUT2D eigenvalue weighted by molar-refractivity contribution is 0.0868. The molecule has 1 heterocycles. The molecule has 0 fully saturated rings.